The van der Waals surface area contributed by atoms with Crippen LogP contribution in [0.5, 0.6) is 0 Å². The number of aliphatic hydroxyl groups excluding tert-OH is 1. The predicted molar refractivity (Wildman–Crippen MR) is 53.7 cm³/mol. The van der Waals surface area contributed by atoms with Gasteiger partial charge in [0, 0.05) is 25.6 Å². The Labute approximate surface area is 89.5 Å². The summed E-state index contributed by atoms with van der Waals surface area (Å²) in [5, 5.41) is 17.8. The Hall–Kier alpha value is -1.08. The lowest BCUT2D eigenvalue weighted by molar-refractivity contribution is -0.129. The lowest BCUT2D eigenvalue weighted by Crippen LogP contribution is -2.39. The van der Waals surface area contributed by atoms with Crippen LogP contribution in [0.25, 0.3) is 0 Å². The van der Waals surface area contributed by atoms with E-state index < -0.39 is 0 Å². The van der Waals surface area contributed by atoms with Crippen LogP contribution in [-0.4, -0.2) is 35.6 Å². The summed E-state index contributed by atoms with van der Waals surface area (Å²) in [4.78, 5) is 13.3. The van der Waals surface area contributed by atoms with Crippen LogP contribution in [0, 0.1) is 22.7 Å². The summed E-state index contributed by atoms with van der Waals surface area (Å²) < 4.78 is 0. The number of likely N-dealkylation sites (tertiary alicyclic amines) is 1. The molecule has 2 fully saturated rings. The van der Waals surface area contributed by atoms with Gasteiger partial charge >= 0.3 is 0 Å². The molecule has 0 bridgehead atoms. The first-order chi connectivity index (χ1) is 7.22. The third kappa shape index (κ3) is 1.61. The summed E-state index contributed by atoms with van der Waals surface area (Å²) in [5.41, 5.74) is 0.180. The lowest BCUT2D eigenvalue weighted by atomic mass is 9.63. The maximum atomic E-state index is 11.6. The summed E-state index contributed by atoms with van der Waals surface area (Å²) in [5.74, 6) is 0.147. The number of hydrogen-bond donors (Lipinski definition) is 1. The average Bonchev–Trinajstić information content (AvgIpc) is 2.56. The first-order valence-electron chi connectivity index (χ1n) is 5.47. The third-order valence-electron chi connectivity index (χ3n) is 3.97. The summed E-state index contributed by atoms with van der Waals surface area (Å²) in [7, 11) is 0. The molecule has 4 heteroatoms. The van der Waals surface area contributed by atoms with Crippen molar-refractivity contribution in [2.75, 3.05) is 19.7 Å². The molecule has 1 amide bonds. The molecule has 0 aromatic carbocycles. The molecule has 82 valence electrons. The zero-order chi connectivity index (χ0) is 10.9. The average molecular weight is 208 g/mol. The number of carbonyl (C=O) groups is 1. The van der Waals surface area contributed by atoms with Crippen LogP contribution in [0.1, 0.15) is 25.7 Å². The van der Waals surface area contributed by atoms with Crippen molar-refractivity contribution in [3.63, 3.8) is 0 Å². The molecular formula is C11H16N2O2. The quantitative estimate of drug-likeness (QED) is 0.719. The van der Waals surface area contributed by atoms with E-state index in [0.29, 0.717) is 6.54 Å². The molecule has 1 spiro atoms. The van der Waals surface area contributed by atoms with Crippen molar-refractivity contribution in [2.45, 2.75) is 25.7 Å². The van der Waals surface area contributed by atoms with Gasteiger partial charge in [-0.25, -0.2) is 0 Å². The Balaban J connectivity index is 2.02. The van der Waals surface area contributed by atoms with E-state index in [1.54, 1.807) is 4.90 Å². The topological polar surface area (TPSA) is 64.3 Å². The molecule has 0 unspecified atom stereocenters. The summed E-state index contributed by atoms with van der Waals surface area (Å²) in [6, 6.07) is 1.89. The first-order valence-corrected chi connectivity index (χ1v) is 5.47. The van der Waals surface area contributed by atoms with Gasteiger partial charge in [-0.15, -0.1) is 0 Å². The molecule has 0 radical (unpaired) electrons. The largest absolute Gasteiger partial charge is 0.396 e. The van der Waals surface area contributed by atoms with Crippen LogP contribution in [0.2, 0.25) is 0 Å². The van der Waals surface area contributed by atoms with Crippen molar-refractivity contribution in [1.82, 2.24) is 4.90 Å². The Kier molecular flexibility index (Phi) is 2.66. The number of nitrogens with zero attached hydrogens (tertiary/aromatic N) is 2. The summed E-state index contributed by atoms with van der Waals surface area (Å²) in [6.45, 7) is 1.55. The number of rotatable bonds is 2. The fraction of sp³-hybridized carbons (Fsp3) is 0.818. The van der Waals surface area contributed by atoms with E-state index in [1.807, 2.05) is 6.07 Å². The van der Waals surface area contributed by atoms with Gasteiger partial charge in [0.05, 0.1) is 6.07 Å². The van der Waals surface area contributed by atoms with Gasteiger partial charge in [-0.3, -0.25) is 4.79 Å². The van der Waals surface area contributed by atoms with Gasteiger partial charge in [-0.2, -0.15) is 5.26 Å². The van der Waals surface area contributed by atoms with Crippen LogP contribution >= 0.6 is 0 Å². The van der Waals surface area contributed by atoms with Crippen molar-refractivity contribution in [3.05, 3.63) is 0 Å². The molecule has 1 heterocycles. The second-order valence-electron chi connectivity index (χ2n) is 4.70. The highest BCUT2D eigenvalue weighted by Gasteiger charge is 2.50. The van der Waals surface area contributed by atoms with E-state index in [-0.39, 0.29) is 30.3 Å². The predicted octanol–water partition coefficient (Wildman–Crippen LogP) is 0.521. The monoisotopic (exact) mass is 208 g/mol. The van der Waals surface area contributed by atoms with Crippen molar-refractivity contribution in [3.8, 4) is 6.07 Å². The summed E-state index contributed by atoms with van der Waals surface area (Å²) >= 11 is 0. The van der Waals surface area contributed by atoms with E-state index in [2.05, 4.69) is 0 Å². The van der Waals surface area contributed by atoms with Gasteiger partial charge < -0.3 is 10.0 Å². The molecule has 0 aromatic heterocycles. The zero-order valence-corrected chi connectivity index (χ0v) is 8.78. The molecule has 1 N–H and O–H groups in total. The van der Waals surface area contributed by atoms with Gasteiger partial charge in [0.15, 0.2) is 0 Å². The minimum Gasteiger partial charge on any atom is -0.396 e. The molecule has 2 aliphatic rings. The molecule has 0 aromatic rings. The second-order valence-corrected chi connectivity index (χ2v) is 4.70. The molecule has 1 atom stereocenters. The Morgan fingerprint density at radius 1 is 1.60 bits per heavy atom. The maximum absolute atomic E-state index is 11.6. The lowest BCUT2D eigenvalue weighted by Gasteiger charge is -2.42. The highest BCUT2D eigenvalue weighted by atomic mass is 16.3. The van der Waals surface area contributed by atoms with Gasteiger partial charge in [-0.05, 0) is 18.3 Å². The van der Waals surface area contributed by atoms with Crippen LogP contribution < -0.4 is 0 Å². The number of nitriles is 1. The van der Waals surface area contributed by atoms with Crippen LogP contribution in [-0.2, 0) is 4.79 Å². The van der Waals surface area contributed by atoms with Gasteiger partial charge in [-0.1, -0.05) is 6.42 Å². The molecule has 1 aliphatic heterocycles. The van der Waals surface area contributed by atoms with Crippen LogP contribution in [0.4, 0.5) is 0 Å². The van der Waals surface area contributed by atoms with E-state index in [4.69, 9.17) is 5.26 Å². The molecule has 1 saturated heterocycles. The minimum absolute atomic E-state index is 0.0335. The number of amides is 1. The molecule has 4 nitrogen and oxygen atoms in total. The fourth-order valence-electron chi connectivity index (χ4n) is 2.85. The number of carbonyl (C=O) groups excluding carboxylic acids is 1. The minimum atomic E-state index is -0.0836. The maximum Gasteiger partial charge on any atom is 0.236 e. The van der Waals surface area contributed by atoms with Crippen LogP contribution in [0.15, 0.2) is 0 Å². The molecule has 15 heavy (non-hydrogen) atoms. The third-order valence-corrected chi connectivity index (χ3v) is 3.97. The van der Waals surface area contributed by atoms with Gasteiger partial charge in [0.1, 0.15) is 6.42 Å². The van der Waals surface area contributed by atoms with E-state index in [0.717, 1.165) is 19.4 Å². The number of aliphatic hydroxyl groups is 1. The zero-order valence-electron chi connectivity index (χ0n) is 8.78. The van der Waals surface area contributed by atoms with Crippen molar-refractivity contribution >= 4 is 5.91 Å². The smallest absolute Gasteiger partial charge is 0.236 e. The van der Waals surface area contributed by atoms with E-state index in [1.165, 1.54) is 6.42 Å². The highest BCUT2D eigenvalue weighted by molar-refractivity contribution is 5.78. The Morgan fingerprint density at radius 3 is 2.73 bits per heavy atom. The van der Waals surface area contributed by atoms with E-state index >= 15 is 0 Å². The van der Waals surface area contributed by atoms with Crippen molar-refractivity contribution in [2.24, 2.45) is 11.3 Å². The molecule has 1 saturated carbocycles. The fourth-order valence-corrected chi connectivity index (χ4v) is 2.85. The molecule has 1 aliphatic carbocycles. The van der Waals surface area contributed by atoms with Gasteiger partial charge in [0.2, 0.25) is 5.91 Å². The molecule has 2 rings (SSSR count). The van der Waals surface area contributed by atoms with E-state index in [9.17, 15) is 9.90 Å². The second kappa shape index (κ2) is 3.82. The standard InChI is InChI=1S/C11H16N2O2/c12-5-2-10(15)13-6-9(7-14)11(8-13)3-1-4-11/h9,14H,1-4,6-8H2/t9-/m0/s1. The van der Waals surface area contributed by atoms with Crippen molar-refractivity contribution < 1.29 is 9.90 Å². The highest BCUT2D eigenvalue weighted by Crippen LogP contribution is 2.51. The number of hydrogen-bond acceptors (Lipinski definition) is 3. The molecular weight excluding hydrogens is 192 g/mol. The van der Waals surface area contributed by atoms with Crippen LogP contribution in [0.3, 0.4) is 0 Å². The first kappa shape index (κ1) is 10.4. The normalized spacial score (nSPS) is 27.5. The van der Waals surface area contributed by atoms with Crippen molar-refractivity contribution in [1.29, 1.82) is 5.26 Å². The van der Waals surface area contributed by atoms with Gasteiger partial charge in [0.25, 0.3) is 0 Å². The SMILES string of the molecule is N#CCC(=O)N1C[C@@H](CO)C2(CCC2)C1. The Bertz CT molecular complexity index is 304. The summed E-state index contributed by atoms with van der Waals surface area (Å²) in [6.07, 6.45) is 3.41. The Morgan fingerprint density at radius 2 is 2.33 bits per heavy atom.